The van der Waals surface area contributed by atoms with Crippen molar-refractivity contribution in [3.8, 4) is 0 Å². The number of nitrogens with zero attached hydrogens (tertiary/aromatic N) is 1. The Morgan fingerprint density at radius 1 is 1.24 bits per heavy atom. The van der Waals surface area contributed by atoms with Gasteiger partial charge in [-0.15, -0.1) is 0 Å². The van der Waals surface area contributed by atoms with Crippen molar-refractivity contribution in [2.24, 2.45) is 11.8 Å². The van der Waals surface area contributed by atoms with Crippen LogP contribution in [0, 0.1) is 11.8 Å². The van der Waals surface area contributed by atoms with Gasteiger partial charge in [-0.2, -0.15) is 0 Å². The first-order valence-electron chi connectivity index (χ1n) is 8.37. The highest BCUT2D eigenvalue weighted by Gasteiger charge is 2.30. The Labute approximate surface area is 127 Å². The maximum Gasteiger partial charge on any atom is 0.317 e. The zero-order valence-corrected chi connectivity index (χ0v) is 13.0. The largest absolute Gasteiger partial charge is 0.481 e. The average molecular weight is 296 g/mol. The first-order chi connectivity index (χ1) is 10.1. The molecule has 3 atom stereocenters. The number of likely N-dealkylation sites (tertiary alicyclic amines) is 1. The van der Waals surface area contributed by atoms with Crippen LogP contribution in [0.2, 0.25) is 0 Å². The van der Waals surface area contributed by atoms with Gasteiger partial charge in [-0.05, 0) is 37.5 Å². The predicted octanol–water partition coefficient (Wildman–Crippen LogP) is 2.85. The number of rotatable bonds is 5. The molecule has 120 valence electrons. The van der Waals surface area contributed by atoms with Crippen molar-refractivity contribution in [2.45, 2.75) is 64.3 Å². The first-order valence-corrected chi connectivity index (χ1v) is 8.37. The molecule has 2 N–H and O–H groups in total. The third-order valence-electron chi connectivity index (χ3n) is 5.08. The lowest BCUT2D eigenvalue weighted by molar-refractivity contribution is -0.137. The number of carboxylic acid groups (broad SMARTS) is 1. The number of nitrogens with one attached hydrogen (secondary N) is 1. The Bertz CT molecular complexity index is 373. The van der Waals surface area contributed by atoms with Crippen LogP contribution in [-0.2, 0) is 4.79 Å². The van der Waals surface area contributed by atoms with Gasteiger partial charge in [0.15, 0.2) is 0 Å². The Morgan fingerprint density at radius 2 is 2.00 bits per heavy atom. The van der Waals surface area contributed by atoms with Gasteiger partial charge in [-0.3, -0.25) is 4.79 Å². The quantitative estimate of drug-likeness (QED) is 0.819. The van der Waals surface area contributed by atoms with E-state index in [1.165, 1.54) is 19.3 Å². The van der Waals surface area contributed by atoms with Crippen LogP contribution in [0.3, 0.4) is 0 Å². The van der Waals surface area contributed by atoms with Gasteiger partial charge in [0.25, 0.3) is 0 Å². The predicted molar refractivity (Wildman–Crippen MR) is 81.1 cm³/mol. The summed E-state index contributed by atoms with van der Waals surface area (Å²) in [5.74, 6) is 0.221. The molecule has 1 heterocycles. The van der Waals surface area contributed by atoms with Crippen molar-refractivity contribution >= 4 is 12.0 Å². The van der Waals surface area contributed by atoms with Gasteiger partial charge in [0.1, 0.15) is 0 Å². The molecule has 5 heteroatoms. The molecule has 0 bridgehead atoms. The third-order valence-corrected chi connectivity index (χ3v) is 5.08. The monoisotopic (exact) mass is 296 g/mol. The minimum absolute atomic E-state index is 0.0539. The van der Waals surface area contributed by atoms with E-state index in [4.69, 9.17) is 5.11 Å². The molecule has 5 nitrogen and oxygen atoms in total. The van der Waals surface area contributed by atoms with Gasteiger partial charge in [0.2, 0.25) is 0 Å². The van der Waals surface area contributed by atoms with Crippen molar-refractivity contribution in [3.05, 3.63) is 0 Å². The normalized spacial score (nSPS) is 29.4. The van der Waals surface area contributed by atoms with Gasteiger partial charge in [0.05, 0.1) is 0 Å². The molecule has 0 radical (unpaired) electrons. The Morgan fingerprint density at radius 3 is 2.71 bits per heavy atom. The lowest BCUT2D eigenvalue weighted by atomic mass is 9.83. The standard InChI is InChI=1S/C16H28N2O3/c1-2-13-5-3-4-6-14(13)17-16(21)18-10-9-12(11-18)7-8-15(19)20/h12-14H,2-11H2,1H3,(H,17,21)(H,19,20). The van der Waals surface area contributed by atoms with E-state index < -0.39 is 5.97 Å². The van der Waals surface area contributed by atoms with Gasteiger partial charge >= 0.3 is 12.0 Å². The molecule has 2 aliphatic rings. The molecule has 0 aromatic rings. The number of urea groups is 1. The molecule has 3 unspecified atom stereocenters. The number of hydrogen-bond donors (Lipinski definition) is 2. The molecule has 2 amide bonds. The van der Waals surface area contributed by atoms with Crippen LogP contribution in [0.1, 0.15) is 58.3 Å². The lowest BCUT2D eigenvalue weighted by Crippen LogP contribution is -2.47. The topological polar surface area (TPSA) is 69.6 Å². The Hall–Kier alpha value is -1.26. The molecular formula is C16H28N2O3. The summed E-state index contributed by atoms with van der Waals surface area (Å²) in [4.78, 5) is 24.8. The second kappa shape index (κ2) is 7.66. The number of hydrogen-bond acceptors (Lipinski definition) is 2. The third kappa shape index (κ3) is 4.61. The van der Waals surface area contributed by atoms with E-state index in [9.17, 15) is 9.59 Å². The fourth-order valence-corrected chi connectivity index (χ4v) is 3.72. The second-order valence-corrected chi connectivity index (χ2v) is 6.54. The average Bonchev–Trinajstić information content (AvgIpc) is 2.94. The van der Waals surface area contributed by atoms with Gasteiger partial charge in [0, 0.05) is 25.6 Å². The zero-order chi connectivity index (χ0) is 15.2. The van der Waals surface area contributed by atoms with E-state index in [1.54, 1.807) is 0 Å². The molecule has 2 rings (SSSR count). The molecule has 1 saturated carbocycles. The molecule has 1 aliphatic heterocycles. The fraction of sp³-hybridized carbons (Fsp3) is 0.875. The summed E-state index contributed by atoms with van der Waals surface area (Å²) in [6.45, 7) is 3.68. The van der Waals surface area contributed by atoms with Crippen LogP contribution in [-0.4, -0.2) is 41.1 Å². The van der Waals surface area contributed by atoms with Gasteiger partial charge < -0.3 is 15.3 Å². The smallest absolute Gasteiger partial charge is 0.317 e. The molecular weight excluding hydrogens is 268 g/mol. The molecule has 2 fully saturated rings. The van der Waals surface area contributed by atoms with Crippen LogP contribution in [0.5, 0.6) is 0 Å². The lowest BCUT2D eigenvalue weighted by Gasteiger charge is -2.33. The highest BCUT2D eigenvalue weighted by Crippen LogP contribution is 2.27. The van der Waals surface area contributed by atoms with E-state index in [-0.39, 0.29) is 12.5 Å². The zero-order valence-electron chi connectivity index (χ0n) is 13.0. The summed E-state index contributed by atoms with van der Waals surface area (Å²) in [6, 6.07) is 0.382. The summed E-state index contributed by atoms with van der Waals surface area (Å²) < 4.78 is 0. The van der Waals surface area contributed by atoms with E-state index >= 15 is 0 Å². The van der Waals surface area contributed by atoms with Crippen LogP contribution >= 0.6 is 0 Å². The van der Waals surface area contributed by atoms with E-state index in [0.29, 0.717) is 30.8 Å². The number of carboxylic acids is 1. The summed E-state index contributed by atoms with van der Waals surface area (Å²) in [7, 11) is 0. The second-order valence-electron chi connectivity index (χ2n) is 6.54. The molecule has 0 aromatic carbocycles. The summed E-state index contributed by atoms with van der Waals surface area (Å²) in [5.41, 5.74) is 0. The first kappa shape index (κ1) is 16.1. The van der Waals surface area contributed by atoms with Crippen molar-refractivity contribution in [1.82, 2.24) is 10.2 Å². The number of carbonyl (C=O) groups excluding carboxylic acids is 1. The number of aliphatic carboxylic acids is 1. The van der Waals surface area contributed by atoms with Crippen LogP contribution < -0.4 is 5.32 Å². The molecule has 0 spiro atoms. The van der Waals surface area contributed by atoms with Crippen molar-refractivity contribution in [2.75, 3.05) is 13.1 Å². The highest BCUT2D eigenvalue weighted by atomic mass is 16.4. The van der Waals surface area contributed by atoms with Crippen LogP contribution in [0.25, 0.3) is 0 Å². The van der Waals surface area contributed by atoms with E-state index in [1.807, 2.05) is 4.90 Å². The molecule has 21 heavy (non-hydrogen) atoms. The molecule has 1 aliphatic carbocycles. The van der Waals surface area contributed by atoms with Crippen molar-refractivity contribution in [3.63, 3.8) is 0 Å². The minimum Gasteiger partial charge on any atom is -0.481 e. The maximum atomic E-state index is 12.4. The SMILES string of the molecule is CCC1CCCCC1NC(=O)N1CCC(CCC(=O)O)C1. The van der Waals surface area contributed by atoms with Crippen molar-refractivity contribution < 1.29 is 14.7 Å². The Balaban J connectivity index is 1.77. The highest BCUT2D eigenvalue weighted by molar-refractivity contribution is 5.75. The number of amides is 2. The molecule has 0 aromatic heterocycles. The van der Waals surface area contributed by atoms with Crippen molar-refractivity contribution in [1.29, 1.82) is 0 Å². The minimum atomic E-state index is -0.745. The summed E-state index contributed by atoms with van der Waals surface area (Å²) in [6.07, 6.45) is 7.77. The van der Waals surface area contributed by atoms with E-state index in [2.05, 4.69) is 12.2 Å². The summed E-state index contributed by atoms with van der Waals surface area (Å²) >= 11 is 0. The van der Waals surface area contributed by atoms with Gasteiger partial charge in [-0.1, -0.05) is 26.2 Å². The molecule has 1 saturated heterocycles. The van der Waals surface area contributed by atoms with E-state index in [0.717, 1.165) is 25.8 Å². The van der Waals surface area contributed by atoms with Gasteiger partial charge in [-0.25, -0.2) is 4.79 Å². The van der Waals surface area contributed by atoms with Crippen LogP contribution in [0.15, 0.2) is 0 Å². The summed E-state index contributed by atoms with van der Waals surface area (Å²) in [5, 5.41) is 11.9. The number of carbonyl (C=O) groups is 2. The Kier molecular flexibility index (Phi) is 5.88. The fourth-order valence-electron chi connectivity index (χ4n) is 3.72. The van der Waals surface area contributed by atoms with Crippen LogP contribution in [0.4, 0.5) is 4.79 Å². The maximum absolute atomic E-state index is 12.4.